The Morgan fingerprint density at radius 1 is 1.20 bits per heavy atom. The zero-order chi connectivity index (χ0) is 14.3. The fraction of sp³-hybridized carbons (Fsp3) is 0.0769. The van der Waals surface area contributed by atoms with E-state index in [9.17, 15) is 9.59 Å². The summed E-state index contributed by atoms with van der Waals surface area (Å²) < 4.78 is 6.25. The minimum atomic E-state index is -0.657. The van der Waals surface area contributed by atoms with Gasteiger partial charge in [0.05, 0.1) is 16.6 Å². The zero-order valence-electron chi connectivity index (χ0n) is 10.0. The number of pyridine rings is 1. The number of fused-ring (bicyclic) bond motifs is 1. The molecule has 0 atom stereocenters. The first kappa shape index (κ1) is 13.0. The van der Waals surface area contributed by atoms with E-state index < -0.39 is 5.76 Å². The Morgan fingerprint density at radius 3 is 2.80 bits per heavy atom. The van der Waals surface area contributed by atoms with Crippen LogP contribution in [-0.4, -0.2) is 9.55 Å². The second-order valence-electron chi connectivity index (χ2n) is 4.22. The van der Waals surface area contributed by atoms with Crippen LogP contribution >= 0.6 is 23.2 Å². The van der Waals surface area contributed by atoms with Crippen molar-refractivity contribution in [3.8, 4) is 0 Å². The highest BCUT2D eigenvalue weighted by molar-refractivity contribution is 6.42. The van der Waals surface area contributed by atoms with Crippen LogP contribution in [0.15, 0.2) is 44.5 Å². The molecule has 5 nitrogen and oxygen atoms in total. The molecule has 0 aliphatic heterocycles. The summed E-state index contributed by atoms with van der Waals surface area (Å²) in [6, 6.07) is 6.76. The van der Waals surface area contributed by atoms with Crippen molar-refractivity contribution in [3.63, 3.8) is 0 Å². The molecule has 0 spiro atoms. The Kier molecular flexibility index (Phi) is 3.16. The molecule has 0 aliphatic carbocycles. The maximum absolute atomic E-state index is 12.2. The summed E-state index contributed by atoms with van der Waals surface area (Å²) in [5.74, 6) is -0.657. The first-order chi connectivity index (χ1) is 9.56. The third-order valence-corrected chi connectivity index (χ3v) is 3.79. The number of benzene rings is 1. The number of nitrogens with one attached hydrogen (secondary N) is 1. The van der Waals surface area contributed by atoms with E-state index in [0.29, 0.717) is 15.6 Å². The van der Waals surface area contributed by atoms with E-state index in [1.165, 1.54) is 4.57 Å². The highest BCUT2D eigenvalue weighted by atomic mass is 35.5. The van der Waals surface area contributed by atoms with Crippen LogP contribution in [0.2, 0.25) is 10.0 Å². The molecule has 102 valence electrons. The van der Waals surface area contributed by atoms with Gasteiger partial charge in [-0.25, -0.2) is 4.79 Å². The number of aromatic nitrogens is 2. The van der Waals surface area contributed by atoms with E-state index in [1.54, 1.807) is 30.5 Å². The lowest BCUT2D eigenvalue weighted by Crippen LogP contribution is -2.20. The molecule has 0 amide bonds. The fourth-order valence-corrected chi connectivity index (χ4v) is 2.34. The average molecular weight is 311 g/mol. The zero-order valence-corrected chi connectivity index (χ0v) is 11.5. The Bertz CT molecular complexity index is 908. The number of aromatic amines is 1. The molecule has 0 bridgehead atoms. The van der Waals surface area contributed by atoms with Crippen molar-refractivity contribution < 1.29 is 4.42 Å². The van der Waals surface area contributed by atoms with Crippen molar-refractivity contribution in [1.82, 2.24) is 9.55 Å². The molecule has 3 rings (SSSR count). The average Bonchev–Trinajstić information content (AvgIpc) is 2.80. The first-order valence-corrected chi connectivity index (χ1v) is 6.47. The van der Waals surface area contributed by atoms with Gasteiger partial charge >= 0.3 is 5.76 Å². The molecular weight excluding hydrogens is 303 g/mol. The number of hydrogen-bond donors (Lipinski definition) is 1. The van der Waals surface area contributed by atoms with Crippen LogP contribution in [0.25, 0.3) is 11.1 Å². The molecule has 20 heavy (non-hydrogen) atoms. The summed E-state index contributed by atoms with van der Waals surface area (Å²) in [5.41, 5.74) is 0.722. The topological polar surface area (TPSA) is 68.0 Å². The van der Waals surface area contributed by atoms with Gasteiger partial charge in [0.15, 0.2) is 11.1 Å². The first-order valence-electron chi connectivity index (χ1n) is 5.71. The second kappa shape index (κ2) is 4.85. The number of nitrogens with zero attached hydrogens (tertiary/aromatic N) is 1. The molecule has 0 aliphatic rings. The summed E-state index contributed by atoms with van der Waals surface area (Å²) in [6.45, 7) is 0.251. The SMILES string of the molecule is O=c1[nH]c2c(=O)n(Cc3cccc(Cl)c3Cl)ccc2o1. The quantitative estimate of drug-likeness (QED) is 0.791. The van der Waals surface area contributed by atoms with Gasteiger partial charge < -0.3 is 8.98 Å². The van der Waals surface area contributed by atoms with Gasteiger partial charge in [0, 0.05) is 6.20 Å². The third kappa shape index (κ3) is 2.15. The second-order valence-corrected chi connectivity index (χ2v) is 5.00. The fourth-order valence-electron chi connectivity index (χ4n) is 1.96. The summed E-state index contributed by atoms with van der Waals surface area (Å²) in [7, 11) is 0. The number of oxazole rings is 1. The Balaban J connectivity index is 2.11. The van der Waals surface area contributed by atoms with E-state index in [1.807, 2.05) is 0 Å². The van der Waals surface area contributed by atoms with Crippen molar-refractivity contribution in [2.24, 2.45) is 0 Å². The highest BCUT2D eigenvalue weighted by Crippen LogP contribution is 2.25. The Labute approximate surface area is 122 Å². The van der Waals surface area contributed by atoms with Crippen LogP contribution in [-0.2, 0) is 6.54 Å². The maximum Gasteiger partial charge on any atom is 0.417 e. The van der Waals surface area contributed by atoms with E-state index >= 15 is 0 Å². The summed E-state index contributed by atoms with van der Waals surface area (Å²) in [5, 5.41) is 0.830. The molecule has 0 saturated heterocycles. The predicted molar refractivity (Wildman–Crippen MR) is 76.7 cm³/mol. The monoisotopic (exact) mass is 310 g/mol. The van der Waals surface area contributed by atoms with Gasteiger partial charge in [-0.3, -0.25) is 9.78 Å². The van der Waals surface area contributed by atoms with Gasteiger partial charge in [-0.15, -0.1) is 0 Å². The molecule has 0 radical (unpaired) electrons. The smallest absolute Gasteiger partial charge is 0.408 e. The summed E-state index contributed by atoms with van der Waals surface area (Å²) in [4.78, 5) is 25.7. The largest absolute Gasteiger partial charge is 0.417 e. The van der Waals surface area contributed by atoms with Crippen molar-refractivity contribution in [1.29, 1.82) is 0 Å². The highest BCUT2D eigenvalue weighted by Gasteiger charge is 2.10. The third-order valence-electron chi connectivity index (χ3n) is 2.93. The minimum Gasteiger partial charge on any atom is -0.408 e. The van der Waals surface area contributed by atoms with Crippen LogP contribution in [0.1, 0.15) is 5.56 Å². The van der Waals surface area contributed by atoms with E-state index in [0.717, 1.165) is 0 Å². The van der Waals surface area contributed by atoms with Crippen molar-refractivity contribution in [2.45, 2.75) is 6.54 Å². The van der Waals surface area contributed by atoms with Crippen molar-refractivity contribution in [3.05, 3.63) is 67.0 Å². The van der Waals surface area contributed by atoms with Crippen LogP contribution in [0.4, 0.5) is 0 Å². The normalized spacial score (nSPS) is 11.1. The van der Waals surface area contributed by atoms with Crippen LogP contribution in [0.5, 0.6) is 0 Å². The van der Waals surface area contributed by atoms with Crippen LogP contribution in [0, 0.1) is 0 Å². The number of hydrogen-bond acceptors (Lipinski definition) is 3. The molecule has 7 heteroatoms. The van der Waals surface area contributed by atoms with E-state index in [-0.39, 0.29) is 23.2 Å². The molecule has 0 saturated carbocycles. The molecular formula is C13H8Cl2N2O3. The van der Waals surface area contributed by atoms with Crippen molar-refractivity contribution in [2.75, 3.05) is 0 Å². The minimum absolute atomic E-state index is 0.135. The van der Waals surface area contributed by atoms with E-state index in [4.69, 9.17) is 27.6 Å². The predicted octanol–water partition coefficient (Wildman–Crippen LogP) is 2.64. The molecule has 0 fully saturated rings. The lowest BCUT2D eigenvalue weighted by atomic mass is 10.2. The number of halogens is 2. The van der Waals surface area contributed by atoms with Gasteiger partial charge in [-0.2, -0.15) is 0 Å². The van der Waals surface area contributed by atoms with Gasteiger partial charge in [0.2, 0.25) is 0 Å². The van der Waals surface area contributed by atoms with Crippen molar-refractivity contribution >= 4 is 34.3 Å². The van der Waals surface area contributed by atoms with E-state index in [2.05, 4.69) is 4.98 Å². The molecule has 1 aromatic carbocycles. The van der Waals surface area contributed by atoms with Gasteiger partial charge in [-0.1, -0.05) is 35.3 Å². The summed E-state index contributed by atoms with van der Waals surface area (Å²) >= 11 is 12.0. The van der Waals surface area contributed by atoms with Gasteiger partial charge in [-0.05, 0) is 17.7 Å². The maximum atomic E-state index is 12.2. The Morgan fingerprint density at radius 2 is 2.00 bits per heavy atom. The number of rotatable bonds is 2. The lowest BCUT2D eigenvalue weighted by molar-refractivity contribution is 0.555. The number of H-pyrrole nitrogens is 1. The summed E-state index contributed by atoms with van der Waals surface area (Å²) in [6.07, 6.45) is 1.54. The molecule has 3 aromatic rings. The molecule has 2 aromatic heterocycles. The molecule has 1 N–H and O–H groups in total. The van der Waals surface area contributed by atoms with Gasteiger partial charge in [0.25, 0.3) is 5.56 Å². The standard InChI is InChI=1S/C13H8Cl2N2O3/c14-8-3-1-2-7(10(8)15)6-17-5-4-9-11(12(17)18)16-13(19)20-9/h1-5H,6H2,(H,16,19). The Hall–Kier alpha value is -1.98. The molecule has 0 unspecified atom stereocenters. The van der Waals surface area contributed by atoms with Crippen LogP contribution < -0.4 is 11.3 Å². The lowest BCUT2D eigenvalue weighted by Gasteiger charge is -2.08. The van der Waals surface area contributed by atoms with Crippen LogP contribution in [0.3, 0.4) is 0 Å². The molecule has 2 heterocycles. The van der Waals surface area contributed by atoms with Gasteiger partial charge in [0.1, 0.15) is 0 Å².